The standard InChI is InChI=1S/C14H14ClN5O/c1-2-3-10-12(17)13(20-19-10)14(21)18-11-6-9(15)5-4-8(11)7-16/h4-6H,2-3,17H2,1H3,(H,18,21)(H,19,20). The first-order chi connectivity index (χ1) is 10.1. The van der Waals surface area contributed by atoms with E-state index in [1.54, 1.807) is 6.07 Å². The molecule has 0 spiro atoms. The number of H-pyrrole nitrogens is 1. The van der Waals surface area contributed by atoms with Gasteiger partial charge in [0.1, 0.15) is 6.07 Å². The van der Waals surface area contributed by atoms with Gasteiger partial charge in [0.15, 0.2) is 5.69 Å². The molecule has 0 aliphatic rings. The lowest BCUT2D eigenvalue weighted by Gasteiger charge is -2.06. The number of benzene rings is 1. The summed E-state index contributed by atoms with van der Waals surface area (Å²) in [6.45, 7) is 2.01. The molecule has 0 unspecified atom stereocenters. The number of halogens is 1. The molecule has 0 aliphatic carbocycles. The quantitative estimate of drug-likeness (QED) is 0.807. The highest BCUT2D eigenvalue weighted by molar-refractivity contribution is 6.31. The molecule has 0 bridgehead atoms. The molecule has 21 heavy (non-hydrogen) atoms. The predicted molar refractivity (Wildman–Crippen MR) is 81.1 cm³/mol. The maximum absolute atomic E-state index is 12.2. The van der Waals surface area contributed by atoms with Crippen LogP contribution in [0.4, 0.5) is 11.4 Å². The van der Waals surface area contributed by atoms with Crippen LogP contribution < -0.4 is 11.1 Å². The van der Waals surface area contributed by atoms with E-state index in [0.29, 0.717) is 28.4 Å². The number of hydrogen-bond donors (Lipinski definition) is 3. The SMILES string of the molecule is CCCc1[nH]nc(C(=O)Nc2cc(Cl)ccc2C#N)c1N. The summed E-state index contributed by atoms with van der Waals surface area (Å²) in [5.74, 6) is -0.482. The second-order valence-electron chi connectivity index (χ2n) is 4.47. The first kappa shape index (κ1) is 14.9. The molecule has 0 aliphatic heterocycles. The minimum absolute atomic E-state index is 0.113. The van der Waals surface area contributed by atoms with Crippen molar-refractivity contribution in [3.05, 3.63) is 40.2 Å². The average Bonchev–Trinajstić information content (AvgIpc) is 2.81. The molecule has 108 valence electrons. The second-order valence-corrected chi connectivity index (χ2v) is 4.91. The van der Waals surface area contributed by atoms with Gasteiger partial charge < -0.3 is 11.1 Å². The van der Waals surface area contributed by atoms with E-state index >= 15 is 0 Å². The summed E-state index contributed by atoms with van der Waals surface area (Å²) in [6.07, 6.45) is 1.60. The molecule has 0 saturated heterocycles. The lowest BCUT2D eigenvalue weighted by molar-refractivity contribution is 0.102. The van der Waals surface area contributed by atoms with E-state index < -0.39 is 5.91 Å². The molecule has 1 heterocycles. The molecule has 0 saturated carbocycles. The fraction of sp³-hybridized carbons (Fsp3) is 0.214. The van der Waals surface area contributed by atoms with Gasteiger partial charge in [-0.15, -0.1) is 0 Å². The summed E-state index contributed by atoms with van der Waals surface area (Å²) < 4.78 is 0. The Kier molecular flexibility index (Phi) is 4.45. The number of aryl methyl sites for hydroxylation is 1. The number of nitrogens with two attached hydrogens (primary N) is 1. The lowest BCUT2D eigenvalue weighted by atomic mass is 10.1. The number of amides is 1. The molecule has 7 heteroatoms. The van der Waals surface area contributed by atoms with Gasteiger partial charge in [0.05, 0.1) is 22.6 Å². The van der Waals surface area contributed by atoms with Gasteiger partial charge in [0, 0.05) is 5.02 Å². The molecule has 0 radical (unpaired) electrons. The van der Waals surface area contributed by atoms with E-state index in [9.17, 15) is 4.79 Å². The number of hydrogen-bond acceptors (Lipinski definition) is 4. The molecule has 0 fully saturated rings. The van der Waals surface area contributed by atoms with E-state index in [0.717, 1.165) is 12.1 Å². The number of nitrogen functional groups attached to an aromatic ring is 1. The van der Waals surface area contributed by atoms with Crippen molar-refractivity contribution in [1.29, 1.82) is 5.26 Å². The zero-order valence-corrected chi connectivity index (χ0v) is 12.2. The van der Waals surface area contributed by atoms with Crippen molar-refractivity contribution in [2.24, 2.45) is 0 Å². The third-order valence-corrected chi connectivity index (χ3v) is 3.18. The van der Waals surface area contributed by atoms with E-state index in [4.69, 9.17) is 22.6 Å². The lowest BCUT2D eigenvalue weighted by Crippen LogP contribution is -2.15. The number of aromatic nitrogens is 2. The minimum Gasteiger partial charge on any atom is -0.395 e. The maximum atomic E-state index is 12.2. The van der Waals surface area contributed by atoms with Crippen molar-refractivity contribution in [3.63, 3.8) is 0 Å². The van der Waals surface area contributed by atoms with E-state index in [1.165, 1.54) is 12.1 Å². The van der Waals surface area contributed by atoms with Gasteiger partial charge in [0.2, 0.25) is 0 Å². The topological polar surface area (TPSA) is 108 Å². The molecule has 2 aromatic rings. The van der Waals surface area contributed by atoms with Gasteiger partial charge in [-0.05, 0) is 24.6 Å². The number of carbonyl (C=O) groups is 1. The van der Waals surface area contributed by atoms with Crippen LogP contribution in [0.25, 0.3) is 0 Å². The fourth-order valence-corrected chi connectivity index (χ4v) is 2.07. The Labute approximate surface area is 126 Å². The number of rotatable bonds is 4. The van der Waals surface area contributed by atoms with E-state index in [-0.39, 0.29) is 5.69 Å². The molecule has 0 atom stereocenters. The Hall–Kier alpha value is -2.52. The molecule has 1 amide bonds. The normalized spacial score (nSPS) is 10.1. The molecular formula is C14H14ClN5O. The zero-order chi connectivity index (χ0) is 15.4. The van der Waals surface area contributed by atoms with Gasteiger partial charge in [-0.3, -0.25) is 9.89 Å². The molecule has 1 aromatic heterocycles. The van der Waals surface area contributed by atoms with Crippen molar-refractivity contribution < 1.29 is 4.79 Å². The van der Waals surface area contributed by atoms with Crippen LogP contribution in [0.1, 0.15) is 35.1 Å². The van der Waals surface area contributed by atoms with Crippen LogP contribution in [0.15, 0.2) is 18.2 Å². The molecule has 4 N–H and O–H groups in total. The summed E-state index contributed by atoms with van der Waals surface area (Å²) in [5, 5.41) is 18.7. The van der Waals surface area contributed by atoms with Crippen LogP contribution >= 0.6 is 11.6 Å². The number of anilines is 2. The average molecular weight is 304 g/mol. The Bertz CT molecular complexity index is 717. The van der Waals surface area contributed by atoms with Crippen LogP contribution in [0.2, 0.25) is 5.02 Å². The highest BCUT2D eigenvalue weighted by Gasteiger charge is 2.18. The van der Waals surface area contributed by atoms with Gasteiger partial charge >= 0.3 is 0 Å². The van der Waals surface area contributed by atoms with Gasteiger partial charge in [0.25, 0.3) is 5.91 Å². The van der Waals surface area contributed by atoms with Gasteiger partial charge in [-0.25, -0.2) is 0 Å². The van der Waals surface area contributed by atoms with E-state index in [1.807, 2.05) is 13.0 Å². The molecular weight excluding hydrogens is 290 g/mol. The van der Waals surface area contributed by atoms with Crippen LogP contribution in [-0.2, 0) is 6.42 Å². The monoisotopic (exact) mass is 303 g/mol. The van der Waals surface area contributed by atoms with Crippen LogP contribution in [0, 0.1) is 11.3 Å². The first-order valence-corrected chi connectivity index (χ1v) is 6.78. The number of nitrogens with one attached hydrogen (secondary N) is 2. The predicted octanol–water partition coefficient (Wildman–Crippen LogP) is 2.72. The number of aromatic amines is 1. The Morgan fingerprint density at radius 3 is 3.00 bits per heavy atom. The summed E-state index contributed by atoms with van der Waals surface area (Å²) >= 11 is 5.87. The van der Waals surface area contributed by atoms with Crippen molar-refractivity contribution in [2.75, 3.05) is 11.1 Å². The molecule has 1 aromatic carbocycles. The van der Waals surface area contributed by atoms with Crippen LogP contribution in [0.3, 0.4) is 0 Å². The third kappa shape index (κ3) is 3.15. The summed E-state index contributed by atoms with van der Waals surface area (Å²) in [6, 6.07) is 6.61. The highest BCUT2D eigenvalue weighted by atomic mass is 35.5. The van der Waals surface area contributed by atoms with Crippen molar-refractivity contribution in [1.82, 2.24) is 10.2 Å². The van der Waals surface area contributed by atoms with Crippen molar-refractivity contribution >= 4 is 28.9 Å². The third-order valence-electron chi connectivity index (χ3n) is 2.95. The minimum atomic E-state index is -0.482. The Balaban J connectivity index is 2.27. The van der Waals surface area contributed by atoms with Crippen molar-refractivity contribution in [3.8, 4) is 6.07 Å². The zero-order valence-electron chi connectivity index (χ0n) is 11.4. The molecule has 6 nitrogen and oxygen atoms in total. The number of carbonyl (C=O) groups excluding carboxylic acids is 1. The Morgan fingerprint density at radius 1 is 1.57 bits per heavy atom. The highest BCUT2D eigenvalue weighted by Crippen LogP contribution is 2.22. The maximum Gasteiger partial charge on any atom is 0.278 e. The Morgan fingerprint density at radius 2 is 2.33 bits per heavy atom. The summed E-state index contributed by atoms with van der Waals surface area (Å²) in [7, 11) is 0. The second kappa shape index (κ2) is 6.29. The largest absolute Gasteiger partial charge is 0.395 e. The van der Waals surface area contributed by atoms with Gasteiger partial charge in [-0.2, -0.15) is 10.4 Å². The first-order valence-electron chi connectivity index (χ1n) is 6.40. The number of nitrogens with zero attached hydrogens (tertiary/aromatic N) is 2. The summed E-state index contributed by atoms with van der Waals surface area (Å²) in [4.78, 5) is 12.2. The fourth-order valence-electron chi connectivity index (χ4n) is 1.90. The smallest absolute Gasteiger partial charge is 0.278 e. The van der Waals surface area contributed by atoms with E-state index in [2.05, 4.69) is 15.5 Å². The van der Waals surface area contributed by atoms with Crippen molar-refractivity contribution in [2.45, 2.75) is 19.8 Å². The van der Waals surface area contributed by atoms with Crippen LogP contribution in [0.5, 0.6) is 0 Å². The molecule has 2 rings (SSSR count). The number of nitriles is 1. The summed E-state index contributed by atoms with van der Waals surface area (Å²) in [5.41, 5.74) is 7.71. The van der Waals surface area contributed by atoms with Crippen LogP contribution in [-0.4, -0.2) is 16.1 Å². The van der Waals surface area contributed by atoms with Gasteiger partial charge in [-0.1, -0.05) is 24.9 Å².